The minimum Gasteiger partial charge on any atom is -0.321 e. The number of hydrogen-bond donors (Lipinski definition) is 3. The van der Waals surface area contributed by atoms with Gasteiger partial charge in [-0.3, -0.25) is 14.8 Å². The Bertz CT molecular complexity index is 807. The van der Waals surface area contributed by atoms with Crippen LogP contribution >= 0.6 is 11.8 Å². The van der Waals surface area contributed by atoms with Crippen LogP contribution in [0.3, 0.4) is 0 Å². The van der Waals surface area contributed by atoms with Gasteiger partial charge in [-0.1, -0.05) is 48.9 Å². The number of benzene rings is 2. The van der Waals surface area contributed by atoms with Crippen molar-refractivity contribution in [2.45, 2.75) is 48.3 Å². The molecular weight excluding hydrogens is 348 g/mol. The summed E-state index contributed by atoms with van der Waals surface area (Å²) in [5.41, 5.74) is 4.42. The van der Waals surface area contributed by atoms with E-state index < -0.39 is 0 Å². The highest BCUT2D eigenvalue weighted by Crippen LogP contribution is 2.40. The fourth-order valence-electron chi connectivity index (χ4n) is 3.06. The average Bonchev–Trinajstić information content (AvgIpc) is 2.80. The zero-order valence-corrected chi connectivity index (χ0v) is 15.3. The lowest BCUT2D eigenvalue weighted by molar-refractivity contribution is -0.129. The normalized spacial score (nSPS) is 12.6. The molecule has 1 aliphatic heterocycles. The Morgan fingerprint density at radius 2 is 1.77 bits per heavy atom. The molecule has 1 aliphatic rings. The standard InChI is InChI=1S/C20H22N2O3S/c23-18(22-25)13-4-2-1-3-8-14-9-7-12-17-19(14)21-20(24)15-10-5-6-11-16(15)26-17/h5-7,9-12,25H,1-4,8,13H2,(H,21,24)(H,22,23). The van der Waals surface area contributed by atoms with Crippen LogP contribution in [0.25, 0.3) is 0 Å². The monoisotopic (exact) mass is 370 g/mol. The molecule has 136 valence electrons. The molecule has 0 unspecified atom stereocenters. The number of para-hydroxylation sites is 1. The predicted octanol–water partition coefficient (Wildman–Crippen LogP) is 4.40. The van der Waals surface area contributed by atoms with Crippen LogP contribution in [0.15, 0.2) is 52.3 Å². The van der Waals surface area contributed by atoms with Crippen molar-refractivity contribution in [3.05, 3.63) is 53.6 Å². The Labute approximate surface area is 157 Å². The lowest BCUT2D eigenvalue weighted by Gasteiger charge is -2.12. The van der Waals surface area contributed by atoms with Crippen LogP contribution in [-0.2, 0) is 11.2 Å². The zero-order chi connectivity index (χ0) is 18.4. The molecule has 0 aliphatic carbocycles. The van der Waals surface area contributed by atoms with E-state index in [1.54, 1.807) is 17.2 Å². The summed E-state index contributed by atoms with van der Waals surface area (Å²) in [5.74, 6) is -0.396. The van der Waals surface area contributed by atoms with Crippen LogP contribution in [0.5, 0.6) is 0 Å². The summed E-state index contributed by atoms with van der Waals surface area (Å²) < 4.78 is 0. The van der Waals surface area contributed by atoms with Crippen molar-refractivity contribution in [2.75, 3.05) is 5.32 Å². The number of hydrogen-bond acceptors (Lipinski definition) is 4. The zero-order valence-electron chi connectivity index (χ0n) is 14.5. The molecule has 0 atom stereocenters. The molecule has 0 spiro atoms. The largest absolute Gasteiger partial charge is 0.321 e. The van der Waals surface area contributed by atoms with E-state index in [-0.39, 0.29) is 11.8 Å². The van der Waals surface area contributed by atoms with Gasteiger partial charge in [-0.15, -0.1) is 0 Å². The molecule has 26 heavy (non-hydrogen) atoms. The highest BCUT2D eigenvalue weighted by Gasteiger charge is 2.21. The fraction of sp³-hybridized carbons (Fsp3) is 0.300. The molecule has 2 amide bonds. The van der Waals surface area contributed by atoms with Crippen LogP contribution in [0, 0.1) is 0 Å². The summed E-state index contributed by atoms with van der Waals surface area (Å²) >= 11 is 1.62. The van der Waals surface area contributed by atoms with Crippen LogP contribution < -0.4 is 10.8 Å². The topological polar surface area (TPSA) is 78.4 Å². The van der Waals surface area contributed by atoms with Gasteiger partial charge in [-0.2, -0.15) is 0 Å². The number of hydroxylamine groups is 1. The number of aryl methyl sites for hydroxylation is 1. The van der Waals surface area contributed by atoms with Gasteiger partial charge in [0.25, 0.3) is 5.91 Å². The number of amides is 2. The van der Waals surface area contributed by atoms with Gasteiger partial charge in [0, 0.05) is 16.2 Å². The number of rotatable bonds is 7. The van der Waals surface area contributed by atoms with Crippen molar-refractivity contribution < 1.29 is 14.8 Å². The van der Waals surface area contributed by atoms with Gasteiger partial charge in [0.2, 0.25) is 5.91 Å². The third-order valence-corrected chi connectivity index (χ3v) is 5.56. The molecule has 5 nitrogen and oxygen atoms in total. The van der Waals surface area contributed by atoms with Gasteiger partial charge in [0.1, 0.15) is 0 Å². The Morgan fingerprint density at radius 1 is 1.00 bits per heavy atom. The molecule has 0 bridgehead atoms. The highest BCUT2D eigenvalue weighted by atomic mass is 32.2. The maximum atomic E-state index is 12.5. The number of unbranched alkanes of at least 4 members (excludes halogenated alkanes) is 3. The fourth-order valence-corrected chi connectivity index (χ4v) is 4.15. The maximum absolute atomic E-state index is 12.5. The quantitative estimate of drug-likeness (QED) is 0.383. The van der Waals surface area contributed by atoms with Crippen LogP contribution in [-0.4, -0.2) is 17.0 Å². The van der Waals surface area contributed by atoms with Crippen molar-refractivity contribution in [1.29, 1.82) is 0 Å². The van der Waals surface area contributed by atoms with Gasteiger partial charge >= 0.3 is 0 Å². The van der Waals surface area contributed by atoms with Crippen molar-refractivity contribution >= 4 is 29.3 Å². The number of nitrogens with one attached hydrogen (secondary N) is 2. The van der Waals surface area contributed by atoms with Gasteiger partial charge in [0.05, 0.1) is 11.3 Å². The van der Waals surface area contributed by atoms with Crippen molar-refractivity contribution in [3.63, 3.8) is 0 Å². The summed E-state index contributed by atoms with van der Waals surface area (Å²) in [6.45, 7) is 0. The first-order valence-corrected chi connectivity index (χ1v) is 9.64. The van der Waals surface area contributed by atoms with Gasteiger partial charge in [-0.05, 0) is 43.0 Å². The lowest BCUT2D eigenvalue weighted by Crippen LogP contribution is -2.17. The van der Waals surface area contributed by atoms with Crippen LogP contribution in [0.4, 0.5) is 5.69 Å². The molecule has 0 saturated carbocycles. The van der Waals surface area contributed by atoms with Crippen molar-refractivity contribution in [3.8, 4) is 0 Å². The first-order valence-electron chi connectivity index (χ1n) is 8.82. The second kappa shape index (κ2) is 8.87. The number of anilines is 1. The van der Waals surface area contributed by atoms with Crippen LogP contribution in [0.2, 0.25) is 0 Å². The molecular formula is C20H22N2O3S. The van der Waals surface area contributed by atoms with E-state index in [1.807, 2.05) is 36.4 Å². The smallest absolute Gasteiger partial charge is 0.256 e. The molecule has 2 aromatic rings. The summed E-state index contributed by atoms with van der Waals surface area (Å²) in [7, 11) is 0. The van der Waals surface area contributed by atoms with Gasteiger partial charge in [0.15, 0.2) is 0 Å². The Morgan fingerprint density at radius 3 is 2.62 bits per heavy atom. The van der Waals surface area contributed by atoms with Crippen molar-refractivity contribution in [1.82, 2.24) is 5.48 Å². The van der Waals surface area contributed by atoms with Crippen LogP contribution in [0.1, 0.15) is 48.0 Å². The second-order valence-corrected chi connectivity index (χ2v) is 7.38. The third-order valence-electron chi connectivity index (χ3n) is 4.43. The van der Waals surface area contributed by atoms with E-state index in [2.05, 4.69) is 11.4 Å². The van der Waals surface area contributed by atoms with Gasteiger partial charge < -0.3 is 5.32 Å². The Kier molecular flexibility index (Phi) is 6.30. The Balaban J connectivity index is 1.62. The molecule has 6 heteroatoms. The minimum atomic E-state index is -0.335. The number of carbonyl (C=O) groups is 2. The molecule has 2 aromatic carbocycles. The first-order chi connectivity index (χ1) is 12.7. The molecule has 0 radical (unpaired) electrons. The lowest BCUT2D eigenvalue weighted by atomic mass is 10.0. The molecule has 0 fully saturated rings. The predicted molar refractivity (Wildman–Crippen MR) is 102 cm³/mol. The molecule has 0 aromatic heterocycles. The van der Waals surface area contributed by atoms with Crippen molar-refractivity contribution in [2.24, 2.45) is 0 Å². The summed E-state index contributed by atoms with van der Waals surface area (Å²) in [5, 5.41) is 11.6. The molecule has 3 rings (SSSR count). The molecule has 3 N–H and O–H groups in total. The highest BCUT2D eigenvalue weighted by molar-refractivity contribution is 7.99. The minimum absolute atomic E-state index is 0.0608. The van der Waals surface area contributed by atoms with E-state index in [1.165, 1.54) is 0 Å². The number of carbonyl (C=O) groups excluding carboxylic acids is 2. The first kappa shape index (κ1) is 18.5. The maximum Gasteiger partial charge on any atom is 0.256 e. The summed E-state index contributed by atoms with van der Waals surface area (Å²) in [4.78, 5) is 25.6. The summed E-state index contributed by atoms with van der Waals surface area (Å²) in [6, 6.07) is 13.8. The third kappa shape index (κ3) is 4.45. The van der Waals surface area contributed by atoms with E-state index in [0.717, 1.165) is 53.1 Å². The average molecular weight is 370 g/mol. The summed E-state index contributed by atoms with van der Waals surface area (Å²) in [6.07, 6.45) is 4.93. The van der Waals surface area contributed by atoms with E-state index in [9.17, 15) is 9.59 Å². The van der Waals surface area contributed by atoms with Gasteiger partial charge in [-0.25, -0.2) is 5.48 Å². The molecule has 1 heterocycles. The van der Waals surface area contributed by atoms with E-state index in [4.69, 9.17) is 5.21 Å². The Hall–Kier alpha value is -2.31. The van der Waals surface area contributed by atoms with E-state index in [0.29, 0.717) is 12.0 Å². The van der Waals surface area contributed by atoms with E-state index >= 15 is 0 Å². The molecule has 0 saturated heterocycles. The number of fused-ring (bicyclic) bond motifs is 2. The second-order valence-electron chi connectivity index (χ2n) is 6.29. The SMILES string of the molecule is O=C(CCCCCCc1cccc2c1NC(=O)c1ccccc1S2)NO.